The lowest BCUT2D eigenvalue weighted by Gasteiger charge is -2.09. The van der Waals surface area contributed by atoms with E-state index in [1.807, 2.05) is 24.3 Å². The molecule has 0 unspecified atom stereocenters. The lowest BCUT2D eigenvalue weighted by molar-refractivity contribution is 0.0661. The van der Waals surface area contributed by atoms with E-state index in [9.17, 15) is 4.79 Å². The van der Waals surface area contributed by atoms with Gasteiger partial charge in [-0.15, -0.1) is 0 Å². The maximum atomic E-state index is 10.9. The van der Waals surface area contributed by atoms with E-state index in [0.717, 1.165) is 22.0 Å². The number of hydrogen-bond donors (Lipinski definition) is 2. The Balaban J connectivity index is 1.85. The average molecular weight is 281 g/mol. The highest BCUT2D eigenvalue weighted by Crippen LogP contribution is 2.24. The summed E-state index contributed by atoms with van der Waals surface area (Å²) in [4.78, 5) is 10.9. The van der Waals surface area contributed by atoms with Gasteiger partial charge in [0.1, 0.15) is 5.76 Å². The molecule has 0 aliphatic heterocycles. The Morgan fingerprint density at radius 1 is 1.19 bits per heavy atom. The highest BCUT2D eigenvalue weighted by molar-refractivity contribution is 5.93. The smallest absolute Gasteiger partial charge is 0.371 e. The topological polar surface area (TPSA) is 62.5 Å². The Labute approximate surface area is 122 Å². The fourth-order valence-electron chi connectivity index (χ4n) is 2.37. The highest BCUT2D eigenvalue weighted by atomic mass is 16.4. The van der Waals surface area contributed by atoms with Gasteiger partial charge in [-0.1, -0.05) is 36.4 Å². The van der Waals surface area contributed by atoms with E-state index in [-0.39, 0.29) is 5.76 Å². The number of carbonyl (C=O) groups is 1. The van der Waals surface area contributed by atoms with Gasteiger partial charge in [0.15, 0.2) is 0 Å². The minimum Gasteiger partial charge on any atom is -0.475 e. The largest absolute Gasteiger partial charge is 0.475 e. The van der Waals surface area contributed by atoms with Crippen molar-refractivity contribution in [1.29, 1.82) is 0 Å². The number of anilines is 1. The molecule has 0 aliphatic rings. The molecule has 0 saturated heterocycles. The maximum absolute atomic E-state index is 10.9. The predicted octanol–water partition coefficient (Wildman–Crippen LogP) is 4.05. The molecule has 4 heteroatoms. The number of carboxylic acids is 1. The van der Waals surface area contributed by atoms with Crippen LogP contribution < -0.4 is 5.32 Å². The van der Waals surface area contributed by atoms with E-state index in [1.54, 1.807) is 13.0 Å². The van der Waals surface area contributed by atoms with Crippen molar-refractivity contribution in [3.8, 4) is 0 Å². The lowest BCUT2D eigenvalue weighted by Crippen LogP contribution is -2.00. The summed E-state index contributed by atoms with van der Waals surface area (Å²) in [5.74, 6) is -0.447. The van der Waals surface area contributed by atoms with E-state index < -0.39 is 5.97 Å². The van der Waals surface area contributed by atoms with Crippen LogP contribution in [0.15, 0.2) is 52.9 Å². The SMILES string of the molecule is Cc1oc(C(=O)O)cc1CNc1cccc2ccccc12. The average Bonchev–Trinajstić information content (AvgIpc) is 2.86. The van der Waals surface area contributed by atoms with Gasteiger partial charge >= 0.3 is 5.97 Å². The van der Waals surface area contributed by atoms with E-state index in [1.165, 1.54) is 0 Å². The lowest BCUT2D eigenvalue weighted by atomic mass is 10.1. The summed E-state index contributed by atoms with van der Waals surface area (Å²) >= 11 is 0. The van der Waals surface area contributed by atoms with Gasteiger partial charge in [0.05, 0.1) is 0 Å². The predicted molar refractivity (Wildman–Crippen MR) is 81.7 cm³/mol. The second-order valence-corrected chi connectivity index (χ2v) is 4.88. The van der Waals surface area contributed by atoms with Crippen molar-refractivity contribution >= 4 is 22.4 Å². The van der Waals surface area contributed by atoms with Crippen LogP contribution in [-0.2, 0) is 6.54 Å². The van der Waals surface area contributed by atoms with E-state index in [0.29, 0.717) is 12.3 Å². The highest BCUT2D eigenvalue weighted by Gasteiger charge is 2.13. The first-order valence-electron chi connectivity index (χ1n) is 6.69. The fraction of sp³-hybridized carbons (Fsp3) is 0.118. The summed E-state index contributed by atoms with van der Waals surface area (Å²) in [5, 5.41) is 14.6. The number of nitrogens with one attached hydrogen (secondary N) is 1. The van der Waals surface area contributed by atoms with Gasteiger partial charge < -0.3 is 14.8 Å². The molecule has 4 nitrogen and oxygen atoms in total. The Morgan fingerprint density at radius 2 is 1.95 bits per heavy atom. The van der Waals surface area contributed by atoms with Crippen molar-refractivity contribution < 1.29 is 14.3 Å². The summed E-state index contributed by atoms with van der Waals surface area (Å²) in [7, 11) is 0. The zero-order valence-corrected chi connectivity index (χ0v) is 11.6. The van der Waals surface area contributed by atoms with Gasteiger partial charge in [-0.2, -0.15) is 0 Å². The molecule has 0 amide bonds. The van der Waals surface area contributed by atoms with Gasteiger partial charge in [-0.05, 0) is 24.4 Å². The number of aromatic carboxylic acids is 1. The van der Waals surface area contributed by atoms with Crippen LogP contribution in [0.2, 0.25) is 0 Å². The molecule has 21 heavy (non-hydrogen) atoms. The van der Waals surface area contributed by atoms with Crippen molar-refractivity contribution in [3.63, 3.8) is 0 Å². The number of rotatable bonds is 4. The minimum absolute atomic E-state index is 0.0257. The molecule has 0 spiro atoms. The first-order chi connectivity index (χ1) is 10.1. The molecule has 0 saturated carbocycles. The van der Waals surface area contributed by atoms with Crippen LogP contribution in [0.4, 0.5) is 5.69 Å². The molecule has 0 fully saturated rings. The Kier molecular flexibility index (Phi) is 3.36. The monoisotopic (exact) mass is 281 g/mol. The van der Waals surface area contributed by atoms with Crippen LogP contribution in [0, 0.1) is 6.92 Å². The molecule has 0 bridgehead atoms. The van der Waals surface area contributed by atoms with Gasteiger partial charge in [-0.3, -0.25) is 0 Å². The number of furan rings is 1. The van der Waals surface area contributed by atoms with Crippen molar-refractivity contribution in [1.82, 2.24) is 0 Å². The van der Waals surface area contributed by atoms with Crippen LogP contribution >= 0.6 is 0 Å². The van der Waals surface area contributed by atoms with Crippen LogP contribution in [0.3, 0.4) is 0 Å². The number of benzene rings is 2. The van der Waals surface area contributed by atoms with Crippen molar-refractivity contribution in [2.75, 3.05) is 5.32 Å². The summed E-state index contributed by atoms with van der Waals surface area (Å²) in [5.41, 5.74) is 1.87. The minimum atomic E-state index is -1.05. The third-order valence-electron chi connectivity index (χ3n) is 3.49. The van der Waals surface area contributed by atoms with Gasteiger partial charge in [0.25, 0.3) is 0 Å². The van der Waals surface area contributed by atoms with Crippen molar-refractivity contribution in [3.05, 3.63) is 65.6 Å². The number of aryl methyl sites for hydroxylation is 1. The number of carboxylic acid groups (broad SMARTS) is 1. The van der Waals surface area contributed by atoms with Crippen LogP contribution in [0.5, 0.6) is 0 Å². The first-order valence-corrected chi connectivity index (χ1v) is 6.69. The van der Waals surface area contributed by atoms with Crippen LogP contribution in [0.1, 0.15) is 21.9 Å². The summed E-state index contributed by atoms with van der Waals surface area (Å²) in [6, 6.07) is 15.8. The van der Waals surface area contributed by atoms with Crippen molar-refractivity contribution in [2.24, 2.45) is 0 Å². The molecule has 1 heterocycles. The molecule has 3 rings (SSSR count). The summed E-state index contributed by atoms with van der Waals surface area (Å²) in [6.07, 6.45) is 0. The van der Waals surface area contributed by atoms with Crippen molar-refractivity contribution in [2.45, 2.75) is 13.5 Å². The normalized spacial score (nSPS) is 10.7. The molecule has 0 radical (unpaired) electrons. The van der Waals surface area contributed by atoms with Gasteiger partial charge in [0, 0.05) is 23.2 Å². The first kappa shape index (κ1) is 13.2. The number of hydrogen-bond acceptors (Lipinski definition) is 3. The Hall–Kier alpha value is -2.75. The molecular weight excluding hydrogens is 266 g/mol. The fourth-order valence-corrected chi connectivity index (χ4v) is 2.37. The molecule has 2 aromatic carbocycles. The Bertz CT molecular complexity index is 799. The molecule has 0 aliphatic carbocycles. The second-order valence-electron chi connectivity index (χ2n) is 4.88. The van der Waals surface area contributed by atoms with Gasteiger partial charge in [0.2, 0.25) is 5.76 Å². The third kappa shape index (κ3) is 2.60. The standard InChI is InChI=1S/C17H15NO3/c1-11-13(9-16(21-11)17(19)20)10-18-15-8-4-6-12-5-2-3-7-14(12)15/h2-9,18H,10H2,1H3,(H,19,20). The van der Waals surface area contributed by atoms with E-state index >= 15 is 0 Å². The molecule has 2 N–H and O–H groups in total. The summed E-state index contributed by atoms with van der Waals surface area (Å²) in [6.45, 7) is 2.29. The molecule has 3 aromatic rings. The maximum Gasteiger partial charge on any atom is 0.371 e. The van der Waals surface area contributed by atoms with Crippen LogP contribution in [-0.4, -0.2) is 11.1 Å². The summed E-state index contributed by atoms with van der Waals surface area (Å²) < 4.78 is 5.21. The Morgan fingerprint density at radius 3 is 2.71 bits per heavy atom. The second kappa shape index (κ2) is 5.32. The molecule has 1 aromatic heterocycles. The zero-order valence-electron chi connectivity index (χ0n) is 11.6. The number of fused-ring (bicyclic) bond motifs is 1. The van der Waals surface area contributed by atoms with Crippen LogP contribution in [0.25, 0.3) is 10.8 Å². The van der Waals surface area contributed by atoms with Gasteiger partial charge in [-0.25, -0.2) is 4.79 Å². The zero-order chi connectivity index (χ0) is 14.8. The molecule has 106 valence electrons. The third-order valence-corrected chi connectivity index (χ3v) is 3.49. The van der Waals surface area contributed by atoms with E-state index in [2.05, 4.69) is 23.5 Å². The molecular formula is C17H15NO3. The molecule has 0 atom stereocenters. The quantitative estimate of drug-likeness (QED) is 0.757. The van der Waals surface area contributed by atoms with E-state index in [4.69, 9.17) is 9.52 Å².